The van der Waals surface area contributed by atoms with Crippen molar-refractivity contribution < 1.29 is 4.79 Å². The number of amides is 1. The third-order valence-electron chi connectivity index (χ3n) is 2.85. The van der Waals surface area contributed by atoms with E-state index in [2.05, 4.69) is 24.3 Å². The van der Waals surface area contributed by atoms with E-state index in [9.17, 15) is 4.79 Å². The molecule has 0 aromatic heterocycles. The van der Waals surface area contributed by atoms with E-state index < -0.39 is 0 Å². The summed E-state index contributed by atoms with van der Waals surface area (Å²) in [6, 6.07) is 10.1. The van der Waals surface area contributed by atoms with Crippen LogP contribution in [0.5, 0.6) is 0 Å². The number of hydrogen-bond donors (Lipinski definition) is 0. The summed E-state index contributed by atoms with van der Waals surface area (Å²) in [7, 11) is 1.80. The van der Waals surface area contributed by atoms with Crippen molar-refractivity contribution >= 4 is 40.7 Å². The fraction of sp³-hybridized carbons (Fsp3) is 0.333. The predicted octanol–water partition coefficient (Wildman–Crippen LogP) is 3.09. The Hall–Kier alpha value is -1.17. The molecule has 0 spiro atoms. The number of nitrogens with zero attached hydrogens (tertiary/aromatic N) is 2. The number of rotatable bonds is 8. The predicted molar refractivity (Wildman–Crippen MR) is 91.6 cm³/mol. The molecule has 0 aliphatic rings. The number of carbonyl (C=O) groups is 1. The number of carbonyl (C=O) groups excluding carboxylic acids is 1. The lowest BCUT2D eigenvalue weighted by molar-refractivity contribution is -0.141. The van der Waals surface area contributed by atoms with Crippen LogP contribution >= 0.6 is 24.0 Å². The van der Waals surface area contributed by atoms with E-state index in [0.29, 0.717) is 12.3 Å². The van der Waals surface area contributed by atoms with Crippen molar-refractivity contribution in [1.82, 2.24) is 10.0 Å². The highest BCUT2D eigenvalue weighted by atomic mass is 32.2. The number of likely N-dealkylation sites (N-methyl/N-ethyl adjacent to an activating group) is 1. The van der Waals surface area contributed by atoms with Crippen LogP contribution in [0.15, 0.2) is 36.4 Å². The molecule has 0 unspecified atom stereocenters. The summed E-state index contributed by atoms with van der Waals surface area (Å²) in [6.07, 6.45) is 4.13. The van der Waals surface area contributed by atoms with E-state index in [4.69, 9.17) is 12.2 Å². The van der Waals surface area contributed by atoms with Gasteiger partial charge in [0, 0.05) is 24.8 Å². The van der Waals surface area contributed by atoms with Crippen molar-refractivity contribution in [1.29, 1.82) is 0 Å². The quantitative estimate of drug-likeness (QED) is 0.544. The maximum Gasteiger partial charge on any atom is 0.246 e. The second-order valence-corrected chi connectivity index (χ2v) is 5.53. The molecule has 0 radical (unpaired) electrons. The fourth-order valence-electron chi connectivity index (χ4n) is 1.69. The van der Waals surface area contributed by atoms with Crippen molar-refractivity contribution in [2.75, 3.05) is 25.9 Å². The molecule has 3 nitrogen and oxygen atoms in total. The maximum absolute atomic E-state index is 11.9. The van der Waals surface area contributed by atoms with Crippen molar-refractivity contribution in [3.8, 4) is 0 Å². The molecule has 0 atom stereocenters. The minimum Gasteiger partial charge on any atom is -0.277 e. The zero-order valence-electron chi connectivity index (χ0n) is 11.9. The first-order valence-corrected chi connectivity index (χ1v) is 7.99. The molecular formula is C15H20N2OS2. The molecular weight excluding hydrogens is 288 g/mol. The van der Waals surface area contributed by atoms with E-state index in [0.717, 1.165) is 12.1 Å². The standard InChI is InChI=1S/C15H20N2OS2/c1-3-17(16(2)15(18)12-20-13-19)11-7-10-14-8-5-4-6-9-14/h4-10,13H,3,11-12H2,1-2H3/b10-7+. The highest BCUT2D eigenvalue weighted by Gasteiger charge is 2.13. The summed E-state index contributed by atoms with van der Waals surface area (Å²) in [5.74, 6) is 0.449. The average molecular weight is 308 g/mol. The van der Waals surface area contributed by atoms with Crippen molar-refractivity contribution in [3.05, 3.63) is 42.0 Å². The van der Waals surface area contributed by atoms with Gasteiger partial charge in [-0.3, -0.25) is 9.80 Å². The van der Waals surface area contributed by atoms with E-state index in [1.54, 1.807) is 12.1 Å². The second-order valence-electron chi connectivity index (χ2n) is 4.14. The molecule has 1 aromatic carbocycles. The number of hydrogen-bond acceptors (Lipinski definition) is 4. The second kappa shape index (κ2) is 9.69. The lowest BCUT2D eigenvalue weighted by atomic mass is 10.2. The van der Waals surface area contributed by atoms with Gasteiger partial charge >= 0.3 is 0 Å². The van der Waals surface area contributed by atoms with Gasteiger partial charge in [0.25, 0.3) is 0 Å². The molecule has 0 fully saturated rings. The molecule has 0 aliphatic carbocycles. The largest absolute Gasteiger partial charge is 0.277 e. The molecule has 108 valence electrons. The number of benzene rings is 1. The Morgan fingerprint density at radius 3 is 2.65 bits per heavy atom. The lowest BCUT2D eigenvalue weighted by Gasteiger charge is -2.29. The summed E-state index contributed by atoms with van der Waals surface area (Å²) in [4.78, 5) is 11.9. The van der Waals surface area contributed by atoms with Crippen molar-refractivity contribution in [3.63, 3.8) is 0 Å². The van der Waals surface area contributed by atoms with Gasteiger partial charge in [-0.1, -0.05) is 61.6 Å². The van der Waals surface area contributed by atoms with Gasteiger partial charge in [0.2, 0.25) is 5.91 Å². The van der Waals surface area contributed by atoms with Gasteiger partial charge in [-0.05, 0) is 5.56 Å². The van der Waals surface area contributed by atoms with Gasteiger partial charge in [-0.25, -0.2) is 5.01 Å². The van der Waals surface area contributed by atoms with Crippen LogP contribution in [0.4, 0.5) is 0 Å². The zero-order chi connectivity index (χ0) is 14.8. The Labute approximate surface area is 130 Å². The number of hydrazine groups is 1. The molecule has 1 aromatic rings. The Kier molecular flexibility index (Phi) is 8.18. The molecule has 1 rings (SSSR count). The van der Waals surface area contributed by atoms with Gasteiger partial charge in [0.1, 0.15) is 0 Å². The summed E-state index contributed by atoms with van der Waals surface area (Å²) in [5, 5.41) is 3.66. The van der Waals surface area contributed by atoms with E-state index in [1.165, 1.54) is 16.5 Å². The van der Waals surface area contributed by atoms with Crippen LogP contribution < -0.4 is 0 Å². The first-order chi connectivity index (χ1) is 9.69. The average Bonchev–Trinajstić information content (AvgIpc) is 2.49. The van der Waals surface area contributed by atoms with Crippen LogP contribution in [0.3, 0.4) is 0 Å². The third-order valence-corrected chi connectivity index (χ3v) is 3.81. The van der Waals surface area contributed by atoms with Crippen molar-refractivity contribution in [2.24, 2.45) is 0 Å². The molecule has 0 bridgehead atoms. The molecule has 0 aliphatic heterocycles. The minimum absolute atomic E-state index is 0.0612. The summed E-state index contributed by atoms with van der Waals surface area (Å²) >= 11 is 6.06. The first-order valence-electron chi connectivity index (χ1n) is 6.47. The highest BCUT2D eigenvalue weighted by Crippen LogP contribution is 2.04. The van der Waals surface area contributed by atoms with Gasteiger partial charge in [-0.2, -0.15) is 0 Å². The Morgan fingerprint density at radius 1 is 1.35 bits per heavy atom. The topological polar surface area (TPSA) is 23.6 Å². The van der Waals surface area contributed by atoms with Gasteiger partial charge in [0.05, 0.1) is 5.75 Å². The van der Waals surface area contributed by atoms with Gasteiger partial charge in [-0.15, -0.1) is 11.8 Å². The van der Waals surface area contributed by atoms with Crippen molar-refractivity contribution in [2.45, 2.75) is 6.92 Å². The SMILES string of the molecule is CCN(C/C=C/c1ccccc1)N(C)C(=O)CSC=S. The molecule has 0 saturated carbocycles. The highest BCUT2D eigenvalue weighted by molar-refractivity contribution is 8.21. The van der Waals surface area contributed by atoms with Gasteiger partial charge < -0.3 is 0 Å². The third kappa shape index (κ3) is 5.86. The number of thiocarbonyl (C=S) groups is 1. The van der Waals surface area contributed by atoms with E-state index >= 15 is 0 Å². The van der Waals surface area contributed by atoms with Crippen LogP contribution in [0.1, 0.15) is 12.5 Å². The molecule has 1 amide bonds. The molecule has 0 heterocycles. The smallest absolute Gasteiger partial charge is 0.246 e. The monoisotopic (exact) mass is 308 g/mol. The number of thioether (sulfide) groups is 1. The minimum atomic E-state index is 0.0612. The molecule has 0 saturated heterocycles. The van der Waals surface area contributed by atoms with E-state index in [1.807, 2.05) is 30.1 Å². The Balaban J connectivity index is 2.52. The molecule has 5 heteroatoms. The van der Waals surface area contributed by atoms with Crippen LogP contribution in [0.2, 0.25) is 0 Å². The van der Waals surface area contributed by atoms with Crippen LogP contribution in [-0.4, -0.2) is 46.5 Å². The summed E-state index contributed by atoms with van der Waals surface area (Å²) in [6.45, 7) is 3.52. The maximum atomic E-state index is 11.9. The fourth-order valence-corrected chi connectivity index (χ4v) is 2.30. The first kappa shape index (κ1) is 16.9. The summed E-state index contributed by atoms with van der Waals surface area (Å²) in [5.41, 5.74) is 1.16. The van der Waals surface area contributed by atoms with Gasteiger partial charge in [0.15, 0.2) is 0 Å². The van der Waals surface area contributed by atoms with Crippen LogP contribution in [0, 0.1) is 0 Å². The Bertz CT molecular complexity index is 448. The normalized spacial score (nSPS) is 10.9. The molecule has 0 N–H and O–H groups in total. The van der Waals surface area contributed by atoms with Crippen LogP contribution in [-0.2, 0) is 4.79 Å². The molecule has 20 heavy (non-hydrogen) atoms. The van der Waals surface area contributed by atoms with E-state index in [-0.39, 0.29) is 5.91 Å². The Morgan fingerprint density at radius 2 is 2.05 bits per heavy atom. The lowest BCUT2D eigenvalue weighted by Crippen LogP contribution is -2.44. The zero-order valence-corrected chi connectivity index (χ0v) is 13.5. The van der Waals surface area contributed by atoms with Crippen LogP contribution in [0.25, 0.3) is 6.08 Å². The summed E-state index contributed by atoms with van der Waals surface area (Å²) < 4.78 is 1.53.